The lowest BCUT2D eigenvalue weighted by Crippen LogP contribution is -2.03. The molecular weight excluding hydrogens is 271 g/mol. The van der Waals surface area contributed by atoms with E-state index in [9.17, 15) is 9.18 Å². The minimum atomic E-state index is -1.27. The maximum atomic E-state index is 13.5. The highest BCUT2D eigenvalue weighted by atomic mass is 19.1. The van der Waals surface area contributed by atoms with Gasteiger partial charge in [-0.25, -0.2) is 9.18 Å². The molecule has 3 nitrogen and oxygen atoms in total. The molecule has 0 spiro atoms. The average molecular weight is 288 g/mol. The van der Waals surface area contributed by atoms with Crippen LogP contribution in [0.4, 0.5) is 4.39 Å². The van der Waals surface area contributed by atoms with Crippen LogP contribution < -0.4 is 4.74 Å². The lowest BCUT2D eigenvalue weighted by atomic mass is 10.0. The number of benzene rings is 2. The van der Waals surface area contributed by atoms with Gasteiger partial charge in [0.25, 0.3) is 0 Å². The van der Waals surface area contributed by atoms with E-state index < -0.39 is 11.8 Å². The van der Waals surface area contributed by atoms with Gasteiger partial charge in [-0.05, 0) is 41.3 Å². The van der Waals surface area contributed by atoms with Gasteiger partial charge in [-0.3, -0.25) is 0 Å². The summed E-state index contributed by atoms with van der Waals surface area (Å²) in [5.74, 6) is -0.873. The number of rotatable bonds is 5. The number of carboxylic acids is 1. The number of hydrogen-bond donors (Lipinski definition) is 1. The normalized spacial score (nSPS) is 10.7. The summed E-state index contributed by atoms with van der Waals surface area (Å²) in [5, 5.41) is 8.76. The topological polar surface area (TPSA) is 46.5 Å². The van der Waals surface area contributed by atoms with E-state index >= 15 is 0 Å². The third-order valence-electron chi connectivity index (χ3n) is 3.22. The van der Waals surface area contributed by atoms with Gasteiger partial charge in [0.2, 0.25) is 0 Å². The first-order chi connectivity index (χ1) is 9.97. The minimum Gasteiger partial charge on any atom is -0.489 e. The summed E-state index contributed by atoms with van der Waals surface area (Å²) in [6, 6.07) is 11.7. The zero-order chi connectivity index (χ0) is 15.4. The van der Waals surface area contributed by atoms with Gasteiger partial charge in [0, 0.05) is 0 Å². The number of aromatic carboxylic acids is 1. The van der Waals surface area contributed by atoms with E-state index in [4.69, 9.17) is 9.84 Å². The fraction of sp³-hybridized carbons (Fsp3) is 0.235. The summed E-state index contributed by atoms with van der Waals surface area (Å²) in [5.41, 5.74) is 1.48. The second-order valence-corrected chi connectivity index (χ2v) is 5.13. The molecule has 0 aliphatic carbocycles. The van der Waals surface area contributed by atoms with Gasteiger partial charge in [0.1, 0.15) is 18.2 Å². The molecule has 0 bridgehead atoms. The Bertz CT molecular complexity index is 633. The van der Waals surface area contributed by atoms with Crippen LogP contribution in [-0.4, -0.2) is 11.1 Å². The average Bonchev–Trinajstić information content (AvgIpc) is 2.45. The molecule has 0 aliphatic rings. The van der Waals surface area contributed by atoms with Gasteiger partial charge >= 0.3 is 5.97 Å². The molecule has 2 aromatic carbocycles. The summed E-state index contributed by atoms with van der Waals surface area (Å²) < 4.78 is 19.1. The lowest BCUT2D eigenvalue weighted by molar-refractivity contribution is 0.0692. The number of carbonyl (C=O) groups is 1. The van der Waals surface area contributed by atoms with Crippen LogP contribution in [0.25, 0.3) is 0 Å². The molecule has 21 heavy (non-hydrogen) atoms. The number of hydrogen-bond acceptors (Lipinski definition) is 2. The largest absolute Gasteiger partial charge is 0.489 e. The maximum absolute atomic E-state index is 13.5. The predicted octanol–water partition coefficient (Wildman–Crippen LogP) is 4.23. The molecule has 4 heteroatoms. The Morgan fingerprint density at radius 2 is 1.86 bits per heavy atom. The van der Waals surface area contributed by atoms with Crippen molar-refractivity contribution in [3.05, 3.63) is 65.0 Å². The van der Waals surface area contributed by atoms with E-state index in [2.05, 4.69) is 13.8 Å². The third kappa shape index (κ3) is 3.81. The molecule has 0 atom stereocenters. The van der Waals surface area contributed by atoms with Crippen molar-refractivity contribution in [1.82, 2.24) is 0 Å². The lowest BCUT2D eigenvalue weighted by Gasteiger charge is -2.09. The van der Waals surface area contributed by atoms with E-state index in [1.165, 1.54) is 17.7 Å². The monoisotopic (exact) mass is 288 g/mol. The fourth-order valence-corrected chi connectivity index (χ4v) is 1.94. The van der Waals surface area contributed by atoms with Crippen molar-refractivity contribution in [1.29, 1.82) is 0 Å². The van der Waals surface area contributed by atoms with Crippen molar-refractivity contribution in [3.8, 4) is 5.75 Å². The Labute approximate surface area is 123 Å². The number of carboxylic acid groups (broad SMARTS) is 1. The zero-order valence-corrected chi connectivity index (χ0v) is 12.0. The van der Waals surface area contributed by atoms with Crippen molar-refractivity contribution in [2.45, 2.75) is 26.4 Å². The Morgan fingerprint density at radius 3 is 2.38 bits per heavy atom. The van der Waals surface area contributed by atoms with Crippen LogP contribution in [0.5, 0.6) is 5.75 Å². The van der Waals surface area contributed by atoms with Crippen LogP contribution in [0.2, 0.25) is 0 Å². The Kier molecular flexibility index (Phi) is 4.58. The predicted molar refractivity (Wildman–Crippen MR) is 78.2 cm³/mol. The van der Waals surface area contributed by atoms with Crippen LogP contribution in [0, 0.1) is 5.82 Å². The molecule has 0 amide bonds. The molecule has 0 radical (unpaired) electrons. The number of ether oxygens (including phenoxy) is 1. The van der Waals surface area contributed by atoms with E-state index in [0.29, 0.717) is 17.2 Å². The molecule has 2 rings (SSSR count). The Hall–Kier alpha value is -2.36. The van der Waals surface area contributed by atoms with E-state index in [-0.39, 0.29) is 12.2 Å². The highest BCUT2D eigenvalue weighted by molar-refractivity contribution is 5.87. The molecule has 1 N–H and O–H groups in total. The summed E-state index contributed by atoms with van der Waals surface area (Å²) in [4.78, 5) is 10.7. The standard InChI is InChI=1S/C17H17FO3/c1-11(2)13-4-6-14(7-5-13)21-10-12-3-8-15(17(19)20)16(18)9-12/h3-9,11H,10H2,1-2H3,(H,19,20). The number of halogens is 1. The van der Waals surface area contributed by atoms with E-state index in [1.807, 2.05) is 24.3 Å². The molecule has 0 saturated carbocycles. The summed E-state index contributed by atoms with van der Waals surface area (Å²) in [6.07, 6.45) is 0. The van der Waals surface area contributed by atoms with E-state index in [1.54, 1.807) is 6.07 Å². The van der Waals surface area contributed by atoms with Crippen LogP contribution in [0.1, 0.15) is 41.3 Å². The van der Waals surface area contributed by atoms with Crippen LogP contribution in [0.3, 0.4) is 0 Å². The van der Waals surface area contributed by atoms with Gasteiger partial charge in [-0.1, -0.05) is 32.0 Å². The Morgan fingerprint density at radius 1 is 1.19 bits per heavy atom. The van der Waals surface area contributed by atoms with Gasteiger partial charge in [-0.2, -0.15) is 0 Å². The van der Waals surface area contributed by atoms with Crippen LogP contribution >= 0.6 is 0 Å². The SMILES string of the molecule is CC(C)c1ccc(OCc2ccc(C(=O)O)c(F)c2)cc1. The van der Waals surface area contributed by atoms with Crippen molar-refractivity contribution >= 4 is 5.97 Å². The fourth-order valence-electron chi connectivity index (χ4n) is 1.94. The van der Waals surface area contributed by atoms with Crippen molar-refractivity contribution < 1.29 is 19.0 Å². The molecule has 0 saturated heterocycles. The Balaban J connectivity index is 2.03. The van der Waals surface area contributed by atoms with Gasteiger partial charge in [0.15, 0.2) is 0 Å². The van der Waals surface area contributed by atoms with Gasteiger partial charge in [0.05, 0.1) is 5.56 Å². The molecule has 2 aromatic rings. The molecule has 0 aliphatic heterocycles. The highest BCUT2D eigenvalue weighted by Crippen LogP contribution is 2.20. The van der Waals surface area contributed by atoms with Crippen molar-refractivity contribution in [2.24, 2.45) is 0 Å². The van der Waals surface area contributed by atoms with Gasteiger partial charge in [-0.15, -0.1) is 0 Å². The molecular formula is C17H17FO3. The quantitative estimate of drug-likeness (QED) is 0.895. The second kappa shape index (κ2) is 6.39. The molecule has 0 fully saturated rings. The summed E-state index contributed by atoms with van der Waals surface area (Å²) >= 11 is 0. The second-order valence-electron chi connectivity index (χ2n) is 5.13. The first-order valence-corrected chi connectivity index (χ1v) is 6.72. The smallest absolute Gasteiger partial charge is 0.338 e. The third-order valence-corrected chi connectivity index (χ3v) is 3.22. The zero-order valence-electron chi connectivity index (χ0n) is 12.0. The van der Waals surface area contributed by atoms with Crippen LogP contribution in [-0.2, 0) is 6.61 Å². The molecule has 0 aromatic heterocycles. The molecule has 0 heterocycles. The van der Waals surface area contributed by atoms with Gasteiger partial charge < -0.3 is 9.84 Å². The first-order valence-electron chi connectivity index (χ1n) is 6.72. The summed E-state index contributed by atoms with van der Waals surface area (Å²) in [6.45, 7) is 4.42. The van der Waals surface area contributed by atoms with Crippen LogP contribution in [0.15, 0.2) is 42.5 Å². The maximum Gasteiger partial charge on any atom is 0.338 e. The minimum absolute atomic E-state index is 0.192. The molecule has 110 valence electrons. The first kappa shape index (κ1) is 15.0. The van der Waals surface area contributed by atoms with Crippen molar-refractivity contribution in [3.63, 3.8) is 0 Å². The van der Waals surface area contributed by atoms with E-state index in [0.717, 1.165) is 0 Å². The molecule has 0 unspecified atom stereocenters. The highest BCUT2D eigenvalue weighted by Gasteiger charge is 2.10. The summed E-state index contributed by atoms with van der Waals surface area (Å²) in [7, 11) is 0. The van der Waals surface area contributed by atoms with Crippen molar-refractivity contribution in [2.75, 3.05) is 0 Å².